The number of nitrogens with one attached hydrogen (secondary N) is 2. The van der Waals surface area contributed by atoms with Crippen LogP contribution in [0.3, 0.4) is 0 Å². The van der Waals surface area contributed by atoms with Gasteiger partial charge >= 0.3 is 0 Å². The van der Waals surface area contributed by atoms with Gasteiger partial charge in [0, 0.05) is 18.3 Å². The van der Waals surface area contributed by atoms with Gasteiger partial charge in [0.25, 0.3) is 0 Å². The number of H-pyrrole nitrogens is 1. The number of nitrogen functional groups attached to an aromatic ring is 1. The van der Waals surface area contributed by atoms with Gasteiger partial charge in [0.05, 0.1) is 18.2 Å². The zero-order valence-electron chi connectivity index (χ0n) is 12.1. The summed E-state index contributed by atoms with van der Waals surface area (Å²) >= 11 is 0. The second-order valence-electron chi connectivity index (χ2n) is 5.01. The van der Waals surface area contributed by atoms with E-state index < -0.39 is 0 Å². The molecule has 0 unspecified atom stereocenters. The van der Waals surface area contributed by atoms with Crippen molar-refractivity contribution in [3.05, 3.63) is 54.6 Å². The van der Waals surface area contributed by atoms with Crippen molar-refractivity contribution in [2.45, 2.75) is 6.54 Å². The number of benzene rings is 1. The van der Waals surface area contributed by atoms with Gasteiger partial charge in [0.15, 0.2) is 11.5 Å². The maximum absolute atomic E-state index is 5.70. The number of rotatable bonds is 4. The maximum atomic E-state index is 5.70. The Morgan fingerprint density at radius 1 is 1.17 bits per heavy atom. The number of fused-ring (bicyclic) bond motifs is 1. The third-order valence-corrected chi connectivity index (χ3v) is 3.42. The third-order valence-electron chi connectivity index (χ3n) is 3.42. The number of para-hydroxylation sites is 1. The van der Waals surface area contributed by atoms with Crippen LogP contribution in [0.2, 0.25) is 0 Å². The van der Waals surface area contributed by atoms with Crippen molar-refractivity contribution in [2.75, 3.05) is 11.1 Å². The molecule has 114 valence electrons. The van der Waals surface area contributed by atoms with E-state index in [1.807, 2.05) is 47.4 Å². The lowest BCUT2D eigenvalue weighted by Crippen LogP contribution is -2.05. The molecule has 0 atom stereocenters. The topological polar surface area (TPSA) is 110 Å². The van der Waals surface area contributed by atoms with E-state index >= 15 is 0 Å². The third kappa shape index (κ3) is 2.57. The van der Waals surface area contributed by atoms with E-state index in [2.05, 4.69) is 30.4 Å². The summed E-state index contributed by atoms with van der Waals surface area (Å²) in [4.78, 5) is 15.4. The minimum Gasteiger partial charge on any atom is -0.368 e. The van der Waals surface area contributed by atoms with Gasteiger partial charge in [-0.3, -0.25) is 0 Å². The van der Waals surface area contributed by atoms with Crippen LogP contribution in [0.5, 0.6) is 0 Å². The van der Waals surface area contributed by atoms with E-state index in [-0.39, 0.29) is 5.95 Å². The fourth-order valence-electron chi connectivity index (χ4n) is 2.34. The first-order chi connectivity index (χ1) is 11.3. The van der Waals surface area contributed by atoms with Gasteiger partial charge in [-0.05, 0) is 12.1 Å². The van der Waals surface area contributed by atoms with Crippen molar-refractivity contribution in [3.63, 3.8) is 0 Å². The van der Waals surface area contributed by atoms with Gasteiger partial charge in [0.1, 0.15) is 5.52 Å². The molecule has 0 fully saturated rings. The van der Waals surface area contributed by atoms with Crippen molar-refractivity contribution in [1.82, 2.24) is 29.7 Å². The Kier molecular flexibility index (Phi) is 3.12. The van der Waals surface area contributed by atoms with Crippen molar-refractivity contribution < 1.29 is 0 Å². The molecule has 0 bridgehead atoms. The number of imidazole rings is 1. The highest BCUT2D eigenvalue weighted by atomic mass is 15.3. The molecule has 1 aromatic carbocycles. The lowest BCUT2D eigenvalue weighted by Gasteiger charge is -2.05. The van der Waals surface area contributed by atoms with Crippen LogP contribution in [0, 0.1) is 0 Å². The van der Waals surface area contributed by atoms with Gasteiger partial charge in [-0.25, -0.2) is 9.67 Å². The fourth-order valence-corrected chi connectivity index (χ4v) is 2.34. The number of aromatic nitrogens is 6. The Morgan fingerprint density at radius 2 is 2.04 bits per heavy atom. The largest absolute Gasteiger partial charge is 0.368 e. The Balaban J connectivity index is 1.55. The van der Waals surface area contributed by atoms with Crippen LogP contribution in [-0.2, 0) is 6.54 Å². The average molecular weight is 306 g/mol. The van der Waals surface area contributed by atoms with Crippen LogP contribution in [0.4, 0.5) is 11.8 Å². The van der Waals surface area contributed by atoms with E-state index in [1.54, 1.807) is 6.33 Å². The van der Waals surface area contributed by atoms with Gasteiger partial charge < -0.3 is 16.0 Å². The van der Waals surface area contributed by atoms with E-state index in [1.165, 1.54) is 0 Å². The lowest BCUT2D eigenvalue weighted by molar-refractivity contribution is 0.880. The first kappa shape index (κ1) is 13.3. The molecule has 0 aliphatic rings. The van der Waals surface area contributed by atoms with E-state index in [0.29, 0.717) is 18.0 Å². The molecule has 0 aliphatic carbocycles. The smallest absolute Gasteiger partial charge is 0.224 e. The van der Waals surface area contributed by atoms with Crippen LogP contribution in [0.15, 0.2) is 49.1 Å². The van der Waals surface area contributed by atoms with Crippen LogP contribution in [0.25, 0.3) is 16.9 Å². The number of aromatic amines is 1. The molecule has 4 rings (SSSR count). The molecular formula is C15H14N8. The number of nitrogens with two attached hydrogens (primary N) is 1. The van der Waals surface area contributed by atoms with Crippen molar-refractivity contribution in [3.8, 4) is 5.69 Å². The van der Waals surface area contributed by atoms with Crippen molar-refractivity contribution in [2.24, 2.45) is 0 Å². The van der Waals surface area contributed by atoms with Crippen LogP contribution in [-0.4, -0.2) is 29.7 Å². The fraction of sp³-hybridized carbons (Fsp3) is 0.0667. The highest BCUT2D eigenvalue weighted by Crippen LogP contribution is 2.18. The minimum absolute atomic E-state index is 0.187. The molecule has 0 saturated carbocycles. The zero-order valence-corrected chi connectivity index (χ0v) is 12.1. The predicted octanol–water partition coefficient (Wildman–Crippen LogP) is 1.73. The SMILES string of the molecule is Nc1nc(NCc2cnn(-c3ccccc3)c2)c2[nH]cnc2n1. The minimum atomic E-state index is 0.187. The first-order valence-electron chi connectivity index (χ1n) is 7.09. The Labute approximate surface area is 131 Å². The summed E-state index contributed by atoms with van der Waals surface area (Å²) in [6.07, 6.45) is 5.35. The molecule has 4 aromatic rings. The Morgan fingerprint density at radius 3 is 2.91 bits per heavy atom. The number of anilines is 2. The van der Waals surface area contributed by atoms with Crippen LogP contribution in [0.1, 0.15) is 5.56 Å². The Bertz CT molecular complexity index is 940. The summed E-state index contributed by atoms with van der Waals surface area (Å²) in [5, 5.41) is 7.61. The number of hydrogen-bond donors (Lipinski definition) is 3. The highest BCUT2D eigenvalue weighted by molar-refractivity contribution is 5.83. The maximum Gasteiger partial charge on any atom is 0.224 e. The van der Waals surface area contributed by atoms with Gasteiger partial charge in [-0.15, -0.1) is 0 Å². The molecule has 3 aromatic heterocycles. The molecule has 3 heterocycles. The molecular weight excluding hydrogens is 292 g/mol. The first-order valence-corrected chi connectivity index (χ1v) is 7.09. The summed E-state index contributed by atoms with van der Waals surface area (Å²) in [6, 6.07) is 9.94. The second-order valence-corrected chi connectivity index (χ2v) is 5.01. The van der Waals surface area contributed by atoms with E-state index in [9.17, 15) is 0 Å². The van der Waals surface area contributed by atoms with Crippen molar-refractivity contribution >= 4 is 22.9 Å². The monoisotopic (exact) mass is 306 g/mol. The Hall–Kier alpha value is -3.42. The molecule has 23 heavy (non-hydrogen) atoms. The van der Waals surface area contributed by atoms with E-state index in [0.717, 1.165) is 16.8 Å². The standard InChI is InChI=1S/C15H14N8/c16-15-21-13(12-14(22-15)19-9-18-12)17-6-10-7-20-23(8-10)11-4-2-1-3-5-11/h1-5,7-9H,6H2,(H4,16,17,18,19,21,22). The number of nitrogens with zero attached hydrogens (tertiary/aromatic N) is 5. The zero-order chi connectivity index (χ0) is 15.6. The van der Waals surface area contributed by atoms with Crippen LogP contribution >= 0.6 is 0 Å². The quantitative estimate of drug-likeness (QED) is 0.529. The summed E-state index contributed by atoms with van der Waals surface area (Å²) < 4.78 is 1.83. The molecule has 0 saturated heterocycles. The molecule has 4 N–H and O–H groups in total. The molecule has 0 aliphatic heterocycles. The average Bonchev–Trinajstić information content (AvgIpc) is 3.22. The second kappa shape index (κ2) is 5.41. The molecule has 0 amide bonds. The highest BCUT2D eigenvalue weighted by Gasteiger charge is 2.08. The van der Waals surface area contributed by atoms with Gasteiger partial charge in [-0.1, -0.05) is 18.2 Å². The van der Waals surface area contributed by atoms with E-state index in [4.69, 9.17) is 5.73 Å². The molecule has 8 nitrogen and oxygen atoms in total. The molecule has 8 heteroatoms. The molecule has 0 radical (unpaired) electrons. The summed E-state index contributed by atoms with van der Waals surface area (Å²) in [7, 11) is 0. The lowest BCUT2D eigenvalue weighted by atomic mass is 10.3. The summed E-state index contributed by atoms with van der Waals surface area (Å²) in [5.74, 6) is 0.810. The predicted molar refractivity (Wildman–Crippen MR) is 87.0 cm³/mol. The number of hydrogen-bond acceptors (Lipinski definition) is 6. The summed E-state index contributed by atoms with van der Waals surface area (Å²) in [5.41, 5.74) is 9.01. The summed E-state index contributed by atoms with van der Waals surface area (Å²) in [6.45, 7) is 0.567. The normalized spacial score (nSPS) is 11.0. The van der Waals surface area contributed by atoms with Gasteiger partial charge in [0.2, 0.25) is 5.95 Å². The van der Waals surface area contributed by atoms with Crippen LogP contribution < -0.4 is 11.1 Å². The van der Waals surface area contributed by atoms with Crippen molar-refractivity contribution in [1.29, 1.82) is 0 Å². The molecule has 0 spiro atoms. The van der Waals surface area contributed by atoms with Gasteiger partial charge in [-0.2, -0.15) is 15.1 Å².